The summed E-state index contributed by atoms with van der Waals surface area (Å²) in [5.74, 6) is 1.67. The van der Waals surface area contributed by atoms with Gasteiger partial charge < -0.3 is 8.83 Å². The predicted octanol–water partition coefficient (Wildman–Crippen LogP) is 17.7. The monoisotopic (exact) mass is 900 g/mol. The maximum absolute atomic E-state index is 6.37. The molecule has 0 aliphatic heterocycles. The highest BCUT2D eigenvalue weighted by Crippen LogP contribution is 2.43. The Balaban J connectivity index is 0.00000156. The molecule has 14 rings (SSSR count). The topological polar surface area (TPSA) is 69.9 Å². The molecular weight excluding hydrogens is 857 g/mol. The van der Waals surface area contributed by atoms with Gasteiger partial charge in [0, 0.05) is 49.0 Å². The summed E-state index contributed by atoms with van der Waals surface area (Å²) in [4.78, 5) is 15.9. The van der Waals surface area contributed by atoms with Gasteiger partial charge in [0.15, 0.2) is 11.6 Å². The minimum absolute atomic E-state index is 0.529. The lowest BCUT2D eigenvalue weighted by atomic mass is 9.94. The van der Waals surface area contributed by atoms with Crippen molar-refractivity contribution in [2.24, 2.45) is 0 Å². The lowest BCUT2D eigenvalue weighted by molar-refractivity contribution is 0.668. The molecule has 0 aliphatic rings. The summed E-state index contributed by atoms with van der Waals surface area (Å²) < 4.78 is 14.9. The Morgan fingerprint density at radius 2 is 0.900 bits per heavy atom. The molecule has 0 saturated heterocycles. The van der Waals surface area contributed by atoms with E-state index in [1.54, 1.807) is 0 Å². The van der Waals surface area contributed by atoms with E-state index in [4.69, 9.17) is 23.8 Å². The molecule has 6 nitrogen and oxygen atoms in total. The van der Waals surface area contributed by atoms with Crippen molar-refractivity contribution < 1.29 is 8.83 Å². The molecule has 332 valence electrons. The molecule has 0 bridgehead atoms. The summed E-state index contributed by atoms with van der Waals surface area (Å²) in [6, 6.07) is 76.4. The average Bonchev–Trinajstić information content (AvgIpc) is 4.11. The van der Waals surface area contributed by atoms with E-state index in [-0.39, 0.29) is 0 Å². The maximum atomic E-state index is 6.37. The third-order valence-corrected chi connectivity index (χ3v) is 13.3. The van der Waals surface area contributed by atoms with Crippen LogP contribution in [-0.2, 0) is 0 Å². The summed E-state index contributed by atoms with van der Waals surface area (Å²) in [5.41, 5.74) is 13.8. The molecule has 0 amide bonds. The molecule has 0 atom stereocenters. The van der Waals surface area contributed by atoms with Gasteiger partial charge in [-0.05, 0) is 87.1 Å². The maximum Gasteiger partial charge on any atom is 0.238 e. The number of hydrogen-bond donors (Lipinski definition) is 0. The second-order valence-electron chi connectivity index (χ2n) is 17.8. The van der Waals surface area contributed by atoms with E-state index in [1.807, 2.05) is 54.6 Å². The van der Waals surface area contributed by atoms with Crippen LogP contribution in [0.3, 0.4) is 0 Å². The molecule has 6 heteroatoms. The lowest BCUT2D eigenvalue weighted by Gasteiger charge is -2.14. The van der Waals surface area contributed by atoms with Gasteiger partial charge in [-0.3, -0.25) is 4.57 Å². The molecule has 0 spiro atoms. The normalized spacial score (nSPS) is 11.6. The van der Waals surface area contributed by atoms with E-state index in [2.05, 4.69) is 182 Å². The van der Waals surface area contributed by atoms with Crippen LogP contribution in [0.25, 0.3) is 139 Å². The first-order valence-electron chi connectivity index (χ1n) is 23.9. The van der Waals surface area contributed by atoms with Gasteiger partial charge in [-0.1, -0.05) is 190 Å². The first-order valence-corrected chi connectivity index (χ1v) is 23.9. The van der Waals surface area contributed by atoms with E-state index >= 15 is 0 Å². The third-order valence-electron chi connectivity index (χ3n) is 13.3. The summed E-state index contributed by atoms with van der Waals surface area (Å²) in [6.45, 7) is 4.25. The van der Waals surface area contributed by atoms with Gasteiger partial charge >= 0.3 is 0 Å². The van der Waals surface area contributed by atoms with Crippen molar-refractivity contribution in [1.82, 2.24) is 19.5 Å². The van der Waals surface area contributed by atoms with Crippen molar-refractivity contribution in [3.05, 3.63) is 218 Å². The zero-order valence-electron chi connectivity index (χ0n) is 38.6. The second kappa shape index (κ2) is 16.9. The number of fused-ring (bicyclic) bond motifs is 11. The molecule has 10 aromatic carbocycles. The van der Waals surface area contributed by atoms with E-state index < -0.39 is 0 Å². The summed E-state index contributed by atoms with van der Waals surface area (Å²) in [6.07, 6.45) is 1.25. The van der Waals surface area contributed by atoms with Crippen LogP contribution in [0, 0.1) is 0 Å². The van der Waals surface area contributed by atoms with Crippen LogP contribution in [0.1, 0.15) is 20.3 Å². The van der Waals surface area contributed by atoms with Gasteiger partial charge in [0.2, 0.25) is 5.95 Å². The van der Waals surface area contributed by atoms with E-state index in [0.717, 1.165) is 110 Å². The van der Waals surface area contributed by atoms with Gasteiger partial charge in [-0.15, -0.1) is 0 Å². The molecule has 0 aliphatic carbocycles. The Bertz CT molecular complexity index is 4310. The van der Waals surface area contributed by atoms with Crippen LogP contribution in [0.4, 0.5) is 0 Å². The summed E-state index contributed by atoms with van der Waals surface area (Å²) >= 11 is 0. The first kappa shape index (κ1) is 41.1. The fourth-order valence-corrected chi connectivity index (χ4v) is 10.2. The predicted molar refractivity (Wildman–Crippen MR) is 289 cm³/mol. The number of rotatable bonds is 6. The largest absolute Gasteiger partial charge is 0.456 e. The standard InChI is InChI=1S/C61H36N4O2.C3H8/c1-2-15-38(16-3-1)59-62-60(43-30-32-48-47-22-6-8-27-52(47)67-55(48)36-43)64-61(63-59)65-51-33-31-37-14-4-5-21-44(37)56(51)50-26-12-25-46(58(50)65)42-20-11-18-40(35-42)39-17-10-19-41(34-39)45-24-13-29-54-57(45)49-23-7-9-28-53(49)66-54;1-3-2/h1-36H;3H2,1-2H3. The molecule has 0 radical (unpaired) electrons. The molecule has 0 unspecified atom stereocenters. The number of aromatic nitrogens is 4. The van der Waals surface area contributed by atoms with Gasteiger partial charge in [0.25, 0.3) is 0 Å². The van der Waals surface area contributed by atoms with Crippen LogP contribution in [0.5, 0.6) is 0 Å². The third kappa shape index (κ3) is 6.83. The average molecular weight is 901 g/mol. The Morgan fingerprint density at radius 1 is 0.357 bits per heavy atom. The smallest absolute Gasteiger partial charge is 0.238 e. The molecule has 0 N–H and O–H groups in total. The number of furan rings is 2. The Morgan fingerprint density at radius 3 is 1.69 bits per heavy atom. The Kier molecular flexibility index (Phi) is 9.91. The zero-order chi connectivity index (χ0) is 46.7. The van der Waals surface area contributed by atoms with Crippen molar-refractivity contribution in [1.29, 1.82) is 0 Å². The Hall–Kier alpha value is -9.13. The van der Waals surface area contributed by atoms with Crippen molar-refractivity contribution >= 4 is 76.5 Å². The molecular formula is C64H44N4O2. The minimum Gasteiger partial charge on any atom is -0.456 e. The summed E-state index contributed by atoms with van der Waals surface area (Å²) in [5, 5.41) is 8.96. The molecule has 0 saturated carbocycles. The molecule has 4 aromatic heterocycles. The van der Waals surface area contributed by atoms with Gasteiger partial charge in [0.05, 0.1) is 11.0 Å². The molecule has 70 heavy (non-hydrogen) atoms. The molecule has 4 heterocycles. The fraction of sp³-hybridized carbons (Fsp3) is 0.0469. The number of para-hydroxylation sites is 3. The van der Waals surface area contributed by atoms with Crippen molar-refractivity contribution in [2.75, 3.05) is 0 Å². The second-order valence-corrected chi connectivity index (χ2v) is 17.8. The van der Waals surface area contributed by atoms with Crippen LogP contribution in [0.2, 0.25) is 0 Å². The highest BCUT2D eigenvalue weighted by molar-refractivity contribution is 6.23. The SMILES string of the molecule is CCC.c1ccc(-c2nc(-c3ccc4c(c3)oc3ccccc34)nc(-n3c4ccc5ccccc5c4c4cccc(-c5cccc(-c6cccc(-c7cccc8oc9ccccc9c78)c6)c5)c43)n2)cc1. The van der Waals surface area contributed by atoms with Crippen LogP contribution >= 0.6 is 0 Å². The van der Waals surface area contributed by atoms with Crippen LogP contribution < -0.4 is 0 Å². The quantitative estimate of drug-likeness (QED) is 0.166. The zero-order valence-corrected chi connectivity index (χ0v) is 38.6. The minimum atomic E-state index is 0.529. The van der Waals surface area contributed by atoms with Gasteiger partial charge in [-0.25, -0.2) is 4.98 Å². The van der Waals surface area contributed by atoms with E-state index in [9.17, 15) is 0 Å². The highest BCUT2D eigenvalue weighted by atomic mass is 16.3. The van der Waals surface area contributed by atoms with Gasteiger partial charge in [0.1, 0.15) is 22.3 Å². The Labute approximate surface area is 403 Å². The van der Waals surface area contributed by atoms with Gasteiger partial charge in [-0.2, -0.15) is 9.97 Å². The first-order chi connectivity index (χ1) is 34.6. The number of hydrogen-bond acceptors (Lipinski definition) is 5. The van der Waals surface area contributed by atoms with Crippen molar-refractivity contribution in [3.63, 3.8) is 0 Å². The summed E-state index contributed by atoms with van der Waals surface area (Å²) in [7, 11) is 0. The van der Waals surface area contributed by atoms with Crippen LogP contribution in [0.15, 0.2) is 227 Å². The van der Waals surface area contributed by atoms with E-state index in [1.165, 1.54) is 17.2 Å². The van der Waals surface area contributed by atoms with Crippen LogP contribution in [-0.4, -0.2) is 19.5 Å². The van der Waals surface area contributed by atoms with E-state index in [0.29, 0.717) is 17.6 Å². The lowest BCUT2D eigenvalue weighted by Crippen LogP contribution is -2.07. The van der Waals surface area contributed by atoms with Crippen molar-refractivity contribution in [3.8, 4) is 62.1 Å². The molecule has 0 fully saturated rings. The number of nitrogens with zero attached hydrogens (tertiary/aromatic N) is 4. The molecule has 14 aromatic rings. The fourth-order valence-electron chi connectivity index (χ4n) is 10.2. The number of benzene rings is 10. The van der Waals surface area contributed by atoms with Crippen molar-refractivity contribution in [2.45, 2.75) is 20.3 Å². The highest BCUT2D eigenvalue weighted by Gasteiger charge is 2.23.